The van der Waals surface area contributed by atoms with Crippen LogP contribution in [-0.4, -0.2) is 27.5 Å². The number of amides is 1. The fourth-order valence-corrected chi connectivity index (χ4v) is 3.94. The van der Waals surface area contributed by atoms with Crippen molar-refractivity contribution in [2.24, 2.45) is 0 Å². The Morgan fingerprint density at radius 3 is 2.72 bits per heavy atom. The van der Waals surface area contributed by atoms with Crippen LogP contribution in [0.1, 0.15) is 18.0 Å². The van der Waals surface area contributed by atoms with Crippen molar-refractivity contribution < 1.29 is 13.4 Å². The lowest BCUT2D eigenvalue weighted by Crippen LogP contribution is -2.53. The van der Waals surface area contributed by atoms with Crippen LogP contribution in [-0.2, 0) is 16.0 Å². The standard InChI is InChI=1S/C17H17ClFN3O2S/c1-22-16(17(23)20-12-7-8-14(19)13(18)9-12)10-15(21-25(22)24)11-5-3-2-4-6-11/h2-9,15-16,21H,10H2,1H3,(H,20,23). The van der Waals surface area contributed by atoms with E-state index in [-0.39, 0.29) is 17.0 Å². The Hall–Kier alpha value is -1.80. The quantitative estimate of drug-likeness (QED) is 0.858. The maximum Gasteiger partial charge on any atom is 0.242 e. The normalized spacial score (nSPS) is 24.0. The summed E-state index contributed by atoms with van der Waals surface area (Å²) in [5.74, 6) is -0.871. The Kier molecular flexibility index (Phi) is 5.48. The molecule has 5 nitrogen and oxygen atoms in total. The van der Waals surface area contributed by atoms with Gasteiger partial charge in [-0.15, -0.1) is 0 Å². The number of nitrogens with one attached hydrogen (secondary N) is 2. The van der Waals surface area contributed by atoms with Gasteiger partial charge in [0.15, 0.2) is 11.2 Å². The van der Waals surface area contributed by atoms with Gasteiger partial charge in [-0.05, 0) is 30.2 Å². The largest absolute Gasteiger partial charge is 0.325 e. The molecule has 0 spiro atoms. The molecular formula is C17H17ClFN3O2S. The minimum atomic E-state index is -1.50. The first kappa shape index (κ1) is 18.0. The molecule has 0 aromatic heterocycles. The molecule has 0 aliphatic carbocycles. The fourth-order valence-electron chi connectivity index (χ4n) is 2.70. The number of likely N-dealkylation sites (N-methyl/N-ethyl adjacent to an activating group) is 1. The van der Waals surface area contributed by atoms with Gasteiger partial charge < -0.3 is 5.32 Å². The van der Waals surface area contributed by atoms with Crippen LogP contribution in [0.2, 0.25) is 5.02 Å². The zero-order valence-electron chi connectivity index (χ0n) is 13.4. The summed E-state index contributed by atoms with van der Waals surface area (Å²) in [6.45, 7) is 0. The molecule has 0 radical (unpaired) electrons. The van der Waals surface area contributed by atoms with Crippen LogP contribution in [0.4, 0.5) is 10.1 Å². The topological polar surface area (TPSA) is 61.4 Å². The Morgan fingerprint density at radius 2 is 2.04 bits per heavy atom. The number of anilines is 1. The van der Waals surface area contributed by atoms with E-state index < -0.39 is 23.0 Å². The van der Waals surface area contributed by atoms with Crippen LogP contribution in [0.3, 0.4) is 0 Å². The predicted molar refractivity (Wildman–Crippen MR) is 96.7 cm³/mol. The van der Waals surface area contributed by atoms with E-state index in [0.29, 0.717) is 12.1 Å². The van der Waals surface area contributed by atoms with E-state index in [1.807, 2.05) is 30.3 Å². The van der Waals surface area contributed by atoms with Gasteiger partial charge in [0.25, 0.3) is 0 Å². The second-order valence-corrected chi connectivity index (χ2v) is 7.46. The van der Waals surface area contributed by atoms with Crippen molar-refractivity contribution >= 4 is 34.4 Å². The average molecular weight is 382 g/mol. The molecule has 1 fully saturated rings. The summed E-state index contributed by atoms with van der Waals surface area (Å²) in [7, 11) is 1.62. The van der Waals surface area contributed by atoms with Crippen LogP contribution in [0, 0.1) is 5.82 Å². The van der Waals surface area contributed by atoms with E-state index in [9.17, 15) is 13.4 Å². The molecule has 1 aliphatic rings. The van der Waals surface area contributed by atoms with E-state index in [4.69, 9.17) is 11.6 Å². The Balaban J connectivity index is 1.77. The van der Waals surface area contributed by atoms with Gasteiger partial charge in [0, 0.05) is 18.8 Å². The monoisotopic (exact) mass is 381 g/mol. The molecular weight excluding hydrogens is 365 g/mol. The number of rotatable bonds is 3. The molecule has 8 heteroatoms. The first-order valence-corrected chi connectivity index (χ1v) is 9.16. The number of benzene rings is 2. The lowest BCUT2D eigenvalue weighted by Gasteiger charge is -2.35. The maximum absolute atomic E-state index is 13.2. The van der Waals surface area contributed by atoms with E-state index >= 15 is 0 Å². The minimum Gasteiger partial charge on any atom is -0.325 e. The van der Waals surface area contributed by atoms with Gasteiger partial charge in [0.2, 0.25) is 5.91 Å². The number of hydrogen-bond acceptors (Lipinski definition) is 2. The number of halogens is 2. The molecule has 1 heterocycles. The van der Waals surface area contributed by atoms with Gasteiger partial charge in [0.05, 0.1) is 5.02 Å². The number of carbonyl (C=O) groups is 1. The van der Waals surface area contributed by atoms with E-state index in [1.54, 1.807) is 7.05 Å². The van der Waals surface area contributed by atoms with Crippen LogP contribution in [0.25, 0.3) is 0 Å². The Bertz CT molecular complexity index is 806. The zero-order valence-corrected chi connectivity index (χ0v) is 15.0. The molecule has 0 bridgehead atoms. The highest BCUT2D eigenvalue weighted by molar-refractivity contribution is 7.80. The van der Waals surface area contributed by atoms with Gasteiger partial charge in [-0.3, -0.25) is 4.79 Å². The molecule has 1 saturated heterocycles. The first-order valence-electron chi connectivity index (χ1n) is 7.67. The first-order chi connectivity index (χ1) is 12.0. The third-order valence-corrected chi connectivity index (χ3v) is 5.65. The Labute approximate surface area is 152 Å². The van der Waals surface area contributed by atoms with Gasteiger partial charge in [-0.2, -0.15) is 0 Å². The van der Waals surface area contributed by atoms with Gasteiger partial charge >= 0.3 is 0 Å². The summed E-state index contributed by atoms with van der Waals surface area (Å²) in [6.07, 6.45) is 0.451. The number of hydrogen-bond donors (Lipinski definition) is 2. The van der Waals surface area contributed by atoms with E-state index in [1.165, 1.54) is 22.5 Å². The zero-order chi connectivity index (χ0) is 18.0. The van der Waals surface area contributed by atoms with Crippen molar-refractivity contribution in [1.29, 1.82) is 0 Å². The maximum atomic E-state index is 13.2. The smallest absolute Gasteiger partial charge is 0.242 e. The second kappa shape index (κ2) is 7.61. The summed E-state index contributed by atoms with van der Waals surface area (Å²) in [5, 5.41) is 2.64. The third-order valence-electron chi connectivity index (χ3n) is 4.09. The van der Waals surface area contributed by atoms with E-state index in [2.05, 4.69) is 10.0 Å². The number of carbonyl (C=O) groups excluding carboxylic acids is 1. The highest BCUT2D eigenvalue weighted by Crippen LogP contribution is 2.27. The van der Waals surface area contributed by atoms with Crippen LogP contribution in [0.5, 0.6) is 0 Å². The lowest BCUT2D eigenvalue weighted by atomic mass is 9.99. The summed E-state index contributed by atoms with van der Waals surface area (Å²) >= 11 is 4.25. The molecule has 3 unspecified atom stereocenters. The lowest BCUT2D eigenvalue weighted by molar-refractivity contribution is -0.120. The van der Waals surface area contributed by atoms with Gasteiger partial charge in [-0.25, -0.2) is 17.6 Å². The highest BCUT2D eigenvalue weighted by Gasteiger charge is 2.36. The summed E-state index contributed by atoms with van der Waals surface area (Å²) in [5.41, 5.74) is 1.36. The average Bonchev–Trinajstić information content (AvgIpc) is 2.61. The van der Waals surface area contributed by atoms with Crippen molar-refractivity contribution in [3.63, 3.8) is 0 Å². The fraction of sp³-hybridized carbons (Fsp3) is 0.235. The molecule has 2 N–H and O–H groups in total. The molecule has 1 aliphatic heterocycles. The van der Waals surface area contributed by atoms with Crippen molar-refractivity contribution in [3.8, 4) is 0 Å². The van der Waals surface area contributed by atoms with Crippen molar-refractivity contribution in [3.05, 3.63) is 64.9 Å². The van der Waals surface area contributed by atoms with Crippen molar-refractivity contribution in [1.82, 2.24) is 9.03 Å². The van der Waals surface area contributed by atoms with E-state index in [0.717, 1.165) is 5.56 Å². The summed E-state index contributed by atoms with van der Waals surface area (Å²) < 4.78 is 30.0. The highest BCUT2D eigenvalue weighted by atomic mass is 35.5. The molecule has 3 rings (SSSR count). The minimum absolute atomic E-state index is 0.0674. The molecule has 132 valence electrons. The Morgan fingerprint density at radius 1 is 1.32 bits per heavy atom. The SMILES string of the molecule is CN1C(C(=O)Nc2ccc(F)c(Cl)c2)CC(c2ccccc2)NS1=O. The molecule has 2 aromatic rings. The third kappa shape index (κ3) is 4.07. The number of nitrogens with zero attached hydrogens (tertiary/aromatic N) is 1. The van der Waals surface area contributed by atoms with Crippen LogP contribution >= 0.6 is 11.6 Å². The van der Waals surface area contributed by atoms with Gasteiger partial charge in [-0.1, -0.05) is 41.9 Å². The molecule has 3 atom stereocenters. The van der Waals surface area contributed by atoms with Crippen LogP contribution < -0.4 is 10.0 Å². The molecule has 2 aromatic carbocycles. The summed E-state index contributed by atoms with van der Waals surface area (Å²) in [4.78, 5) is 12.6. The molecule has 25 heavy (non-hydrogen) atoms. The predicted octanol–water partition coefficient (Wildman–Crippen LogP) is 3.03. The van der Waals surface area contributed by atoms with Crippen LogP contribution in [0.15, 0.2) is 48.5 Å². The van der Waals surface area contributed by atoms with Crippen molar-refractivity contribution in [2.45, 2.75) is 18.5 Å². The van der Waals surface area contributed by atoms with Crippen molar-refractivity contribution in [2.75, 3.05) is 12.4 Å². The van der Waals surface area contributed by atoms with Gasteiger partial charge in [0.1, 0.15) is 11.9 Å². The summed E-state index contributed by atoms with van der Waals surface area (Å²) in [6, 6.07) is 12.7. The molecule has 0 saturated carbocycles. The second-order valence-electron chi connectivity index (χ2n) is 5.75. The molecule has 1 amide bonds.